The lowest BCUT2D eigenvalue weighted by Gasteiger charge is -2.14. The fourth-order valence-corrected chi connectivity index (χ4v) is 3.70. The Bertz CT molecular complexity index is 980. The topological polar surface area (TPSA) is 85.1 Å². The smallest absolute Gasteiger partial charge is 0.270 e. The molecule has 1 aliphatic rings. The molecule has 1 aromatic heterocycles. The van der Waals surface area contributed by atoms with E-state index in [2.05, 4.69) is 10.3 Å². The molecule has 0 unspecified atom stereocenters. The predicted octanol–water partition coefficient (Wildman–Crippen LogP) is 4.39. The highest BCUT2D eigenvalue weighted by Gasteiger charge is 2.51. The number of hydrogen-bond acceptors (Lipinski definition) is 5. The maximum atomic E-state index is 12.8. The molecule has 1 heterocycles. The van der Waals surface area contributed by atoms with E-state index >= 15 is 0 Å². The molecule has 1 amide bonds. The zero-order valence-corrected chi connectivity index (χ0v) is 14.5. The van der Waals surface area contributed by atoms with Gasteiger partial charge in [0.1, 0.15) is 0 Å². The van der Waals surface area contributed by atoms with E-state index in [-0.39, 0.29) is 11.6 Å². The van der Waals surface area contributed by atoms with Crippen molar-refractivity contribution in [3.05, 3.63) is 75.7 Å². The number of hydrogen-bond donors (Lipinski definition) is 1. The van der Waals surface area contributed by atoms with Gasteiger partial charge in [0.25, 0.3) is 5.69 Å². The van der Waals surface area contributed by atoms with Gasteiger partial charge in [0.2, 0.25) is 5.91 Å². The summed E-state index contributed by atoms with van der Waals surface area (Å²) in [6.07, 6.45) is 1.65. The zero-order valence-electron chi connectivity index (χ0n) is 13.7. The summed E-state index contributed by atoms with van der Waals surface area (Å²) in [6, 6.07) is 16.1. The van der Waals surface area contributed by atoms with Gasteiger partial charge in [-0.25, -0.2) is 4.98 Å². The van der Waals surface area contributed by atoms with E-state index in [0.29, 0.717) is 16.4 Å². The molecule has 0 radical (unpaired) electrons. The van der Waals surface area contributed by atoms with Crippen LogP contribution in [0.15, 0.2) is 60.0 Å². The Kier molecular flexibility index (Phi) is 4.00. The van der Waals surface area contributed by atoms with Crippen molar-refractivity contribution in [3.8, 4) is 11.3 Å². The Labute approximate surface area is 153 Å². The Morgan fingerprint density at radius 3 is 2.62 bits per heavy atom. The first-order chi connectivity index (χ1) is 12.6. The van der Waals surface area contributed by atoms with E-state index in [1.54, 1.807) is 17.5 Å². The summed E-state index contributed by atoms with van der Waals surface area (Å²) in [5.74, 6) is -0.0522. The first-order valence-electron chi connectivity index (χ1n) is 8.16. The van der Waals surface area contributed by atoms with E-state index in [9.17, 15) is 14.9 Å². The van der Waals surface area contributed by atoms with Crippen LogP contribution in [0.2, 0.25) is 0 Å². The Hall–Kier alpha value is -3.06. The monoisotopic (exact) mass is 365 g/mol. The average molecular weight is 365 g/mol. The highest BCUT2D eigenvalue weighted by molar-refractivity contribution is 7.14. The Balaban J connectivity index is 1.53. The average Bonchev–Trinajstić information content (AvgIpc) is 3.36. The molecule has 130 valence electrons. The number of aromatic nitrogens is 1. The molecule has 0 atom stereocenters. The number of nitro groups is 1. The number of nitrogens with zero attached hydrogens (tertiary/aromatic N) is 2. The van der Waals surface area contributed by atoms with Crippen LogP contribution in [0, 0.1) is 10.1 Å². The first kappa shape index (κ1) is 16.4. The quantitative estimate of drug-likeness (QED) is 0.537. The van der Waals surface area contributed by atoms with Gasteiger partial charge < -0.3 is 5.32 Å². The van der Waals surface area contributed by atoms with Crippen molar-refractivity contribution < 1.29 is 9.72 Å². The third-order valence-electron chi connectivity index (χ3n) is 4.59. The second-order valence-electron chi connectivity index (χ2n) is 6.25. The molecule has 0 aliphatic heterocycles. The number of nitrogens with one attached hydrogen (secondary N) is 1. The fourth-order valence-electron chi connectivity index (χ4n) is 2.99. The van der Waals surface area contributed by atoms with Crippen LogP contribution in [0.5, 0.6) is 0 Å². The highest BCUT2D eigenvalue weighted by atomic mass is 32.1. The molecule has 0 bridgehead atoms. The molecule has 6 nitrogen and oxygen atoms in total. The van der Waals surface area contributed by atoms with Crippen molar-refractivity contribution in [1.82, 2.24) is 4.98 Å². The zero-order chi connectivity index (χ0) is 18.1. The van der Waals surface area contributed by atoms with E-state index in [1.165, 1.54) is 23.5 Å². The van der Waals surface area contributed by atoms with Crippen LogP contribution < -0.4 is 5.32 Å². The molecule has 0 spiro atoms. The van der Waals surface area contributed by atoms with Crippen LogP contribution in [0.3, 0.4) is 0 Å². The SMILES string of the molecule is O=C(Nc1nc(-c2cccc([N+](=O)[O-])c2)cs1)C1(c2ccccc2)CC1. The molecule has 0 saturated heterocycles. The van der Waals surface area contributed by atoms with Crippen LogP contribution in [-0.2, 0) is 10.2 Å². The number of benzene rings is 2. The van der Waals surface area contributed by atoms with Crippen LogP contribution in [0.1, 0.15) is 18.4 Å². The van der Waals surface area contributed by atoms with Crippen molar-refractivity contribution in [1.29, 1.82) is 0 Å². The molecule has 7 heteroatoms. The van der Waals surface area contributed by atoms with Crippen molar-refractivity contribution in [2.24, 2.45) is 0 Å². The minimum atomic E-state index is -0.460. The maximum absolute atomic E-state index is 12.8. The summed E-state index contributed by atoms with van der Waals surface area (Å²) in [4.78, 5) is 27.7. The number of thiazole rings is 1. The molecule has 3 aromatic rings. The third kappa shape index (κ3) is 2.97. The molecular formula is C19H15N3O3S. The van der Waals surface area contributed by atoms with Gasteiger partial charge in [0, 0.05) is 23.1 Å². The van der Waals surface area contributed by atoms with Crippen LogP contribution in [0.4, 0.5) is 10.8 Å². The van der Waals surface area contributed by atoms with E-state index in [1.807, 2.05) is 30.3 Å². The van der Waals surface area contributed by atoms with Gasteiger partial charge in [-0.3, -0.25) is 14.9 Å². The summed E-state index contributed by atoms with van der Waals surface area (Å²) in [7, 11) is 0. The number of carbonyl (C=O) groups excluding carboxylic acids is 1. The second kappa shape index (κ2) is 6.34. The van der Waals surface area contributed by atoms with Gasteiger partial charge in [-0.05, 0) is 18.4 Å². The lowest BCUT2D eigenvalue weighted by atomic mass is 9.95. The Morgan fingerprint density at radius 2 is 1.92 bits per heavy atom. The fraction of sp³-hybridized carbons (Fsp3) is 0.158. The normalized spacial score (nSPS) is 14.6. The molecular weight excluding hydrogens is 350 g/mol. The van der Waals surface area contributed by atoms with Gasteiger partial charge >= 0.3 is 0 Å². The number of carbonyl (C=O) groups is 1. The largest absolute Gasteiger partial charge is 0.301 e. The van der Waals surface area contributed by atoms with Gasteiger partial charge in [-0.1, -0.05) is 42.5 Å². The standard InChI is InChI=1S/C19H15N3O3S/c23-17(19(9-10-19)14-6-2-1-3-7-14)21-18-20-16(12-26-18)13-5-4-8-15(11-13)22(24)25/h1-8,11-12H,9-10H2,(H,20,21,23). The molecule has 4 rings (SSSR count). The van der Waals surface area contributed by atoms with Crippen LogP contribution in [-0.4, -0.2) is 15.8 Å². The molecule has 1 aliphatic carbocycles. The lowest BCUT2D eigenvalue weighted by Crippen LogP contribution is -2.27. The van der Waals surface area contributed by atoms with Crippen molar-refractivity contribution in [3.63, 3.8) is 0 Å². The highest BCUT2D eigenvalue weighted by Crippen LogP contribution is 2.49. The summed E-state index contributed by atoms with van der Waals surface area (Å²) in [5, 5.41) is 16.1. The van der Waals surface area contributed by atoms with E-state index < -0.39 is 10.3 Å². The van der Waals surface area contributed by atoms with E-state index in [0.717, 1.165) is 18.4 Å². The van der Waals surface area contributed by atoms with Gasteiger partial charge in [-0.2, -0.15) is 0 Å². The van der Waals surface area contributed by atoms with E-state index in [4.69, 9.17) is 0 Å². The number of anilines is 1. The van der Waals surface area contributed by atoms with Gasteiger partial charge in [0.15, 0.2) is 5.13 Å². The first-order valence-corrected chi connectivity index (χ1v) is 9.04. The molecule has 1 fully saturated rings. The number of non-ortho nitro benzene ring substituents is 1. The Morgan fingerprint density at radius 1 is 1.15 bits per heavy atom. The van der Waals surface area contributed by atoms with Crippen LogP contribution >= 0.6 is 11.3 Å². The van der Waals surface area contributed by atoms with Gasteiger partial charge in [0.05, 0.1) is 16.0 Å². The molecule has 26 heavy (non-hydrogen) atoms. The number of rotatable bonds is 5. The summed E-state index contributed by atoms with van der Waals surface area (Å²) >= 11 is 1.31. The predicted molar refractivity (Wildman–Crippen MR) is 100 cm³/mol. The molecule has 2 aromatic carbocycles. The van der Waals surface area contributed by atoms with Gasteiger partial charge in [-0.15, -0.1) is 11.3 Å². The van der Waals surface area contributed by atoms with Crippen molar-refractivity contribution >= 4 is 28.1 Å². The maximum Gasteiger partial charge on any atom is 0.270 e. The molecule has 1 N–H and O–H groups in total. The molecule has 1 saturated carbocycles. The van der Waals surface area contributed by atoms with Crippen LogP contribution in [0.25, 0.3) is 11.3 Å². The summed E-state index contributed by atoms with van der Waals surface area (Å²) in [5.41, 5.74) is 1.84. The summed E-state index contributed by atoms with van der Waals surface area (Å²) < 4.78 is 0. The number of nitro benzene ring substituents is 1. The summed E-state index contributed by atoms with van der Waals surface area (Å²) in [6.45, 7) is 0. The second-order valence-corrected chi connectivity index (χ2v) is 7.11. The van der Waals surface area contributed by atoms with Crippen molar-refractivity contribution in [2.45, 2.75) is 18.3 Å². The lowest BCUT2D eigenvalue weighted by molar-refractivity contribution is -0.384. The minimum Gasteiger partial charge on any atom is -0.301 e. The minimum absolute atomic E-state index is 0.0158. The number of amides is 1. The van der Waals surface area contributed by atoms with Crippen molar-refractivity contribution in [2.75, 3.05) is 5.32 Å². The third-order valence-corrected chi connectivity index (χ3v) is 5.35.